The minimum absolute atomic E-state index is 0.0399. The smallest absolute Gasteiger partial charge is 0.265 e. The van der Waals surface area contributed by atoms with Crippen LogP contribution in [0.25, 0.3) is 16.6 Å². The molecule has 0 aliphatic rings. The van der Waals surface area contributed by atoms with Crippen LogP contribution in [-0.2, 0) is 4.43 Å². The van der Waals surface area contributed by atoms with Crippen LogP contribution >= 0.6 is 0 Å². The Bertz CT molecular complexity index is 1560. The van der Waals surface area contributed by atoms with Gasteiger partial charge in [-0.15, -0.1) is 0 Å². The van der Waals surface area contributed by atoms with Gasteiger partial charge in [0, 0.05) is 12.2 Å². The molecule has 0 amide bonds. The van der Waals surface area contributed by atoms with Crippen molar-refractivity contribution in [1.29, 1.82) is 0 Å². The van der Waals surface area contributed by atoms with Crippen LogP contribution in [0.1, 0.15) is 26.3 Å². The van der Waals surface area contributed by atoms with Crippen LogP contribution in [0.3, 0.4) is 0 Å². The summed E-state index contributed by atoms with van der Waals surface area (Å²) in [6, 6.07) is 6.25. The Labute approximate surface area is 227 Å². The third kappa shape index (κ3) is 5.55. The second-order valence-corrected chi connectivity index (χ2v) is 15.7. The van der Waals surface area contributed by atoms with Gasteiger partial charge in [-0.3, -0.25) is 9.36 Å². The van der Waals surface area contributed by atoms with Crippen molar-refractivity contribution in [2.75, 3.05) is 25.2 Å². The Balaban J connectivity index is 1.85. The number of ether oxygens (including phenoxy) is 1. The van der Waals surface area contributed by atoms with Crippen LogP contribution in [0.4, 0.5) is 20.2 Å². The Kier molecular flexibility index (Phi) is 7.85. The summed E-state index contributed by atoms with van der Waals surface area (Å²) in [6.07, 6.45) is 5.77. The number of anilines is 2. The Morgan fingerprint density at radius 1 is 1.08 bits per heavy atom. The normalized spacial score (nSPS) is 12.1. The molecule has 0 unspecified atom stereocenters. The summed E-state index contributed by atoms with van der Waals surface area (Å²) in [5, 5.41) is 0.233. The van der Waals surface area contributed by atoms with E-state index in [0.717, 1.165) is 0 Å². The minimum Gasteiger partial charge on any atom is -0.494 e. The molecule has 0 spiro atoms. The van der Waals surface area contributed by atoms with Crippen molar-refractivity contribution < 1.29 is 17.9 Å². The van der Waals surface area contributed by atoms with Gasteiger partial charge in [0.25, 0.3) is 5.56 Å². The molecule has 0 saturated heterocycles. The van der Waals surface area contributed by atoms with Crippen LogP contribution in [-0.4, -0.2) is 48.1 Å². The SMILES string of the molecule is COc1cc(C)c(F)c(N(CCO[Si](C)(C)C(C)(C)C)c2ccc3ncn(-c4cncnc4)c(=O)c3c2)c1F. The molecule has 39 heavy (non-hydrogen) atoms. The molecule has 0 fully saturated rings. The zero-order valence-corrected chi connectivity index (χ0v) is 24.2. The number of nitrogens with zero attached hydrogens (tertiary/aromatic N) is 5. The highest BCUT2D eigenvalue weighted by Gasteiger charge is 2.37. The summed E-state index contributed by atoms with van der Waals surface area (Å²) in [4.78, 5) is 27.3. The van der Waals surface area contributed by atoms with E-state index in [1.807, 2.05) is 0 Å². The van der Waals surface area contributed by atoms with Gasteiger partial charge in [0.05, 0.1) is 42.7 Å². The van der Waals surface area contributed by atoms with E-state index in [2.05, 4.69) is 48.8 Å². The lowest BCUT2D eigenvalue weighted by atomic mass is 10.1. The number of hydrogen-bond acceptors (Lipinski definition) is 7. The fourth-order valence-corrected chi connectivity index (χ4v) is 5.00. The van der Waals surface area contributed by atoms with Crippen LogP contribution in [0.5, 0.6) is 5.75 Å². The van der Waals surface area contributed by atoms with Gasteiger partial charge in [0.15, 0.2) is 25.7 Å². The average Bonchev–Trinajstić information content (AvgIpc) is 2.90. The molecular weight excluding hydrogens is 520 g/mol. The monoisotopic (exact) mass is 553 g/mol. The number of benzene rings is 2. The topological polar surface area (TPSA) is 82.4 Å². The number of methoxy groups -OCH3 is 1. The van der Waals surface area contributed by atoms with Gasteiger partial charge in [-0.2, -0.15) is 0 Å². The quantitative estimate of drug-likeness (QED) is 0.250. The lowest BCUT2D eigenvalue weighted by molar-refractivity contribution is 0.296. The maximum atomic E-state index is 15.6. The van der Waals surface area contributed by atoms with Gasteiger partial charge >= 0.3 is 0 Å². The van der Waals surface area contributed by atoms with Gasteiger partial charge < -0.3 is 14.1 Å². The predicted octanol–water partition coefficient (Wildman–Crippen LogP) is 5.93. The number of fused-ring (bicyclic) bond motifs is 1. The van der Waals surface area contributed by atoms with Crippen LogP contribution < -0.4 is 15.2 Å². The molecule has 8 nitrogen and oxygen atoms in total. The molecule has 0 aliphatic carbocycles. The van der Waals surface area contributed by atoms with E-state index in [4.69, 9.17) is 9.16 Å². The minimum atomic E-state index is -2.14. The molecule has 2 aromatic carbocycles. The zero-order valence-electron chi connectivity index (χ0n) is 23.2. The molecule has 2 aromatic heterocycles. The maximum Gasteiger partial charge on any atom is 0.265 e. The largest absolute Gasteiger partial charge is 0.494 e. The van der Waals surface area contributed by atoms with Crippen LogP contribution in [0.2, 0.25) is 18.1 Å². The van der Waals surface area contributed by atoms with Crippen molar-refractivity contribution in [3.63, 3.8) is 0 Å². The lowest BCUT2D eigenvalue weighted by Gasteiger charge is -2.37. The third-order valence-electron chi connectivity index (χ3n) is 7.28. The predicted molar refractivity (Wildman–Crippen MR) is 151 cm³/mol. The number of hydrogen-bond donors (Lipinski definition) is 0. The first-order valence-corrected chi connectivity index (χ1v) is 15.5. The molecule has 0 radical (unpaired) electrons. The Morgan fingerprint density at radius 2 is 1.77 bits per heavy atom. The summed E-state index contributed by atoms with van der Waals surface area (Å²) in [7, 11) is -0.806. The highest BCUT2D eigenvalue weighted by atomic mass is 28.4. The van der Waals surface area contributed by atoms with E-state index in [1.54, 1.807) is 25.1 Å². The highest BCUT2D eigenvalue weighted by Crippen LogP contribution is 2.39. The average molecular weight is 554 g/mol. The second-order valence-electron chi connectivity index (χ2n) is 10.9. The Hall–Kier alpha value is -3.70. The fourth-order valence-electron chi connectivity index (χ4n) is 3.96. The third-order valence-corrected chi connectivity index (χ3v) is 11.8. The molecule has 206 valence electrons. The van der Waals surface area contributed by atoms with Crippen molar-refractivity contribution in [1.82, 2.24) is 19.5 Å². The van der Waals surface area contributed by atoms with E-state index >= 15 is 8.78 Å². The first kappa shape index (κ1) is 28.3. The van der Waals surface area contributed by atoms with E-state index in [1.165, 1.54) is 47.7 Å². The van der Waals surface area contributed by atoms with E-state index in [9.17, 15) is 4.79 Å². The Morgan fingerprint density at radius 3 is 2.41 bits per heavy atom. The van der Waals surface area contributed by atoms with Crippen LogP contribution in [0.15, 0.2) is 54.1 Å². The molecule has 0 aliphatic heterocycles. The summed E-state index contributed by atoms with van der Waals surface area (Å²) in [5.74, 6) is -1.63. The molecule has 0 bridgehead atoms. The summed E-state index contributed by atoms with van der Waals surface area (Å²) in [5.41, 5.74) is 0.891. The van der Waals surface area contributed by atoms with Crippen molar-refractivity contribution in [3.05, 3.63) is 76.9 Å². The van der Waals surface area contributed by atoms with Gasteiger partial charge in [-0.25, -0.2) is 23.7 Å². The van der Waals surface area contributed by atoms with Gasteiger partial charge in [0.1, 0.15) is 18.3 Å². The highest BCUT2D eigenvalue weighted by molar-refractivity contribution is 6.74. The summed E-state index contributed by atoms with van der Waals surface area (Å²) in [6.45, 7) is 12.5. The first-order chi connectivity index (χ1) is 18.4. The molecule has 2 heterocycles. The first-order valence-electron chi connectivity index (χ1n) is 12.6. The molecule has 0 atom stereocenters. The van der Waals surface area contributed by atoms with Crippen molar-refractivity contribution in [2.45, 2.75) is 45.8 Å². The summed E-state index contributed by atoms with van der Waals surface area (Å²) < 4.78 is 44.1. The number of aryl methyl sites for hydroxylation is 1. The standard InChI is InChI=1S/C28H33F2N5O3Si/c1-18-12-23(37-5)25(30)26(24(18)29)34(10-11-38-39(6,7)28(2,3)4)19-8-9-22-21(13-19)27(36)35(17-33-22)20-14-31-16-32-15-20/h8-9,12-17H,10-11H2,1-7H3. The number of rotatable bonds is 8. The summed E-state index contributed by atoms with van der Waals surface area (Å²) >= 11 is 0. The van der Waals surface area contributed by atoms with E-state index in [0.29, 0.717) is 16.9 Å². The van der Waals surface area contributed by atoms with Crippen molar-refractivity contribution >= 4 is 30.6 Å². The molecule has 4 aromatic rings. The molecule has 0 N–H and O–H groups in total. The van der Waals surface area contributed by atoms with E-state index < -0.39 is 20.0 Å². The number of halogens is 2. The molecular formula is C28H33F2N5O3Si. The molecule has 11 heteroatoms. The van der Waals surface area contributed by atoms with Crippen molar-refractivity contribution in [3.8, 4) is 11.4 Å². The number of aromatic nitrogens is 4. The van der Waals surface area contributed by atoms with Crippen molar-refractivity contribution in [2.24, 2.45) is 0 Å². The van der Waals surface area contributed by atoms with E-state index in [-0.39, 0.29) is 46.1 Å². The molecule has 4 rings (SSSR count). The van der Waals surface area contributed by atoms with Gasteiger partial charge in [-0.1, -0.05) is 20.8 Å². The zero-order chi connectivity index (χ0) is 28.5. The molecule has 0 saturated carbocycles. The van der Waals surface area contributed by atoms with Gasteiger partial charge in [0.2, 0.25) is 0 Å². The fraction of sp³-hybridized carbons (Fsp3) is 0.357. The van der Waals surface area contributed by atoms with Crippen LogP contribution in [0, 0.1) is 18.6 Å². The maximum absolute atomic E-state index is 15.6. The van der Waals surface area contributed by atoms with Gasteiger partial charge in [-0.05, 0) is 54.9 Å². The lowest BCUT2D eigenvalue weighted by Crippen LogP contribution is -2.42. The second kappa shape index (κ2) is 10.8.